The molecule has 0 unspecified atom stereocenters. The number of nitrogens with zero attached hydrogens (tertiary/aromatic N) is 2. The number of aliphatic carboxylic acids is 1. The number of carbonyl (C=O) groups excluding carboxylic acids is 1. The molecular weight excluding hydrogens is 428 g/mol. The first-order chi connectivity index (χ1) is 14.3. The highest BCUT2D eigenvalue weighted by Crippen LogP contribution is 2.32. The van der Waals surface area contributed by atoms with E-state index in [-0.39, 0.29) is 31.2 Å². The number of nitro groups is 1. The van der Waals surface area contributed by atoms with Crippen molar-refractivity contribution in [3.8, 4) is 5.75 Å². The molecule has 1 saturated heterocycles. The first-order valence-electron chi connectivity index (χ1n) is 8.77. The number of hydrogen-bond donors (Lipinski definition) is 1. The topological polar surface area (TPSA) is 110 Å². The van der Waals surface area contributed by atoms with E-state index in [1.807, 2.05) is 0 Å². The maximum absolute atomic E-state index is 12.4. The molecule has 1 amide bonds. The molecule has 0 spiro atoms. The van der Waals surface area contributed by atoms with Crippen LogP contribution in [-0.4, -0.2) is 37.7 Å². The van der Waals surface area contributed by atoms with Gasteiger partial charge in [-0.25, -0.2) is 0 Å². The predicted octanol–water partition coefficient (Wildman–Crippen LogP) is 3.85. The number of ether oxygens (including phenoxy) is 1. The molecule has 10 heteroatoms. The SMILES string of the molecule is O=C(O)CCN1C(=O)/C(=C\c2ccc(OCc3ccc([N+](=O)[O-])cc3)cc2)SC1=S. The Morgan fingerprint density at radius 1 is 1.20 bits per heavy atom. The number of carboxylic acids is 1. The van der Waals surface area contributed by atoms with E-state index in [4.69, 9.17) is 22.1 Å². The van der Waals surface area contributed by atoms with Crippen LogP contribution in [0.15, 0.2) is 53.4 Å². The summed E-state index contributed by atoms with van der Waals surface area (Å²) in [5.74, 6) is -0.679. The molecule has 8 nitrogen and oxygen atoms in total. The minimum Gasteiger partial charge on any atom is -0.489 e. The molecule has 0 aliphatic carbocycles. The third-order valence-electron chi connectivity index (χ3n) is 4.15. The Morgan fingerprint density at radius 2 is 1.87 bits per heavy atom. The van der Waals surface area contributed by atoms with Crippen LogP contribution in [0.1, 0.15) is 17.5 Å². The summed E-state index contributed by atoms with van der Waals surface area (Å²) in [6, 6.07) is 13.2. The normalized spacial score (nSPS) is 14.9. The largest absolute Gasteiger partial charge is 0.489 e. The molecule has 0 saturated carbocycles. The molecule has 3 rings (SSSR count). The molecule has 0 radical (unpaired) electrons. The lowest BCUT2D eigenvalue weighted by molar-refractivity contribution is -0.384. The van der Waals surface area contributed by atoms with E-state index in [1.54, 1.807) is 42.5 Å². The molecule has 2 aromatic rings. The Hall–Kier alpha value is -3.24. The van der Waals surface area contributed by atoms with E-state index in [9.17, 15) is 19.7 Å². The smallest absolute Gasteiger partial charge is 0.305 e. The second kappa shape index (κ2) is 9.51. The van der Waals surface area contributed by atoms with Gasteiger partial charge in [-0.2, -0.15) is 0 Å². The highest BCUT2D eigenvalue weighted by molar-refractivity contribution is 8.26. The van der Waals surface area contributed by atoms with Crippen LogP contribution in [0.4, 0.5) is 5.69 Å². The summed E-state index contributed by atoms with van der Waals surface area (Å²) < 4.78 is 6.02. The van der Waals surface area contributed by atoms with Crippen LogP contribution >= 0.6 is 24.0 Å². The number of rotatable bonds is 8. The van der Waals surface area contributed by atoms with Crippen LogP contribution < -0.4 is 4.74 Å². The van der Waals surface area contributed by atoms with Gasteiger partial charge >= 0.3 is 5.97 Å². The first kappa shape index (κ1) is 21.5. The Morgan fingerprint density at radius 3 is 2.47 bits per heavy atom. The van der Waals surface area contributed by atoms with Crippen molar-refractivity contribution in [2.45, 2.75) is 13.0 Å². The summed E-state index contributed by atoms with van der Waals surface area (Å²) >= 11 is 6.30. The molecule has 1 N–H and O–H groups in total. The number of non-ortho nitro benzene ring substituents is 1. The van der Waals surface area contributed by atoms with Gasteiger partial charge in [-0.1, -0.05) is 36.1 Å². The maximum Gasteiger partial charge on any atom is 0.305 e. The standard InChI is InChI=1S/C20H16N2O6S2/c23-18(24)9-10-21-19(25)17(30-20(21)29)11-13-3-7-16(8-4-13)28-12-14-1-5-15(6-2-14)22(26)27/h1-8,11H,9-10,12H2,(H,23,24)/b17-11+. The lowest BCUT2D eigenvalue weighted by Crippen LogP contribution is -2.30. The lowest BCUT2D eigenvalue weighted by Gasteiger charge is -2.12. The number of carboxylic acid groups (broad SMARTS) is 1. The number of nitro benzene ring substituents is 1. The van der Waals surface area contributed by atoms with Gasteiger partial charge < -0.3 is 9.84 Å². The molecule has 154 valence electrons. The fourth-order valence-electron chi connectivity index (χ4n) is 2.59. The third-order valence-corrected chi connectivity index (χ3v) is 5.53. The first-order valence-corrected chi connectivity index (χ1v) is 9.99. The second-order valence-electron chi connectivity index (χ2n) is 6.26. The van der Waals surface area contributed by atoms with Crippen LogP contribution in [0.25, 0.3) is 6.08 Å². The molecule has 2 aromatic carbocycles. The van der Waals surface area contributed by atoms with Gasteiger partial charge in [0.1, 0.15) is 16.7 Å². The van der Waals surface area contributed by atoms with E-state index in [2.05, 4.69) is 0 Å². The van der Waals surface area contributed by atoms with Crippen molar-refractivity contribution in [2.75, 3.05) is 6.54 Å². The van der Waals surface area contributed by atoms with Crippen LogP contribution in [-0.2, 0) is 16.2 Å². The predicted molar refractivity (Wildman–Crippen MR) is 116 cm³/mol. The minimum atomic E-state index is -0.989. The minimum absolute atomic E-state index is 0.0245. The van der Waals surface area contributed by atoms with Gasteiger partial charge in [-0.3, -0.25) is 24.6 Å². The molecular formula is C20H16N2O6S2. The zero-order chi connectivity index (χ0) is 21.7. The Kier molecular flexibility index (Phi) is 6.80. The van der Waals surface area contributed by atoms with E-state index >= 15 is 0 Å². The van der Waals surface area contributed by atoms with Gasteiger partial charge in [0.05, 0.1) is 16.2 Å². The number of carbonyl (C=O) groups is 2. The number of hydrogen-bond acceptors (Lipinski definition) is 7. The van der Waals surface area contributed by atoms with Gasteiger partial charge in [0.2, 0.25) is 0 Å². The Labute approximate surface area is 181 Å². The van der Waals surface area contributed by atoms with Crippen molar-refractivity contribution in [3.63, 3.8) is 0 Å². The highest BCUT2D eigenvalue weighted by atomic mass is 32.2. The van der Waals surface area contributed by atoms with Crippen molar-refractivity contribution >= 4 is 51.9 Å². The molecule has 1 aliphatic heterocycles. The molecule has 0 atom stereocenters. The molecule has 0 aromatic heterocycles. The van der Waals surface area contributed by atoms with Crippen molar-refractivity contribution in [1.82, 2.24) is 4.90 Å². The Bertz CT molecular complexity index is 1020. The molecule has 1 aliphatic rings. The summed E-state index contributed by atoms with van der Waals surface area (Å²) in [5, 5.41) is 19.5. The van der Waals surface area contributed by atoms with Gasteiger partial charge in [0.15, 0.2) is 0 Å². The zero-order valence-electron chi connectivity index (χ0n) is 15.5. The quantitative estimate of drug-likeness (QED) is 0.283. The number of amides is 1. The number of thioether (sulfide) groups is 1. The van der Waals surface area contributed by atoms with Crippen LogP contribution in [0, 0.1) is 10.1 Å². The third kappa shape index (κ3) is 5.43. The average molecular weight is 444 g/mol. The van der Waals surface area contributed by atoms with Crippen molar-refractivity contribution in [1.29, 1.82) is 0 Å². The van der Waals surface area contributed by atoms with E-state index < -0.39 is 10.9 Å². The van der Waals surface area contributed by atoms with Gasteiger partial charge in [-0.05, 0) is 41.5 Å². The average Bonchev–Trinajstić information content (AvgIpc) is 2.98. The van der Waals surface area contributed by atoms with Gasteiger partial charge in [-0.15, -0.1) is 0 Å². The van der Waals surface area contributed by atoms with Gasteiger partial charge in [0.25, 0.3) is 11.6 Å². The van der Waals surface area contributed by atoms with Crippen molar-refractivity contribution in [2.24, 2.45) is 0 Å². The Balaban J connectivity index is 1.60. The summed E-state index contributed by atoms with van der Waals surface area (Å²) in [6.45, 7) is 0.312. The zero-order valence-corrected chi connectivity index (χ0v) is 17.1. The lowest BCUT2D eigenvalue weighted by atomic mass is 10.2. The van der Waals surface area contributed by atoms with E-state index in [1.165, 1.54) is 17.0 Å². The highest BCUT2D eigenvalue weighted by Gasteiger charge is 2.31. The van der Waals surface area contributed by atoms with Crippen molar-refractivity contribution < 1.29 is 24.4 Å². The van der Waals surface area contributed by atoms with Crippen LogP contribution in [0.2, 0.25) is 0 Å². The molecule has 0 bridgehead atoms. The summed E-state index contributed by atoms with van der Waals surface area (Å²) in [4.78, 5) is 35.1. The monoisotopic (exact) mass is 444 g/mol. The second-order valence-corrected chi connectivity index (χ2v) is 7.93. The summed E-state index contributed by atoms with van der Waals surface area (Å²) in [5.41, 5.74) is 1.60. The van der Waals surface area contributed by atoms with E-state index in [0.29, 0.717) is 15.0 Å². The maximum atomic E-state index is 12.4. The number of benzene rings is 2. The molecule has 1 heterocycles. The van der Waals surface area contributed by atoms with Crippen molar-refractivity contribution in [3.05, 3.63) is 74.7 Å². The van der Waals surface area contributed by atoms with E-state index in [0.717, 1.165) is 22.9 Å². The van der Waals surface area contributed by atoms with Crippen LogP contribution in [0.5, 0.6) is 5.75 Å². The summed E-state index contributed by atoms with van der Waals surface area (Å²) in [6.07, 6.45) is 1.53. The summed E-state index contributed by atoms with van der Waals surface area (Å²) in [7, 11) is 0. The fraction of sp³-hybridized carbons (Fsp3) is 0.150. The number of thiocarbonyl (C=S) groups is 1. The fourth-order valence-corrected chi connectivity index (χ4v) is 3.90. The van der Waals surface area contributed by atoms with Crippen LogP contribution in [0.3, 0.4) is 0 Å². The van der Waals surface area contributed by atoms with Gasteiger partial charge in [0, 0.05) is 18.7 Å². The molecule has 1 fully saturated rings. The molecule has 30 heavy (non-hydrogen) atoms.